The summed E-state index contributed by atoms with van der Waals surface area (Å²) in [5, 5.41) is 3.59. The van der Waals surface area contributed by atoms with Gasteiger partial charge in [0, 0.05) is 26.3 Å². The minimum absolute atomic E-state index is 0.000463. The number of amides is 1. The smallest absolute Gasteiger partial charge is 0.251 e. The third-order valence-electron chi connectivity index (χ3n) is 2.64. The van der Waals surface area contributed by atoms with Crippen LogP contribution in [-0.2, 0) is 0 Å². The van der Waals surface area contributed by atoms with Gasteiger partial charge in [-0.25, -0.2) is 0 Å². The summed E-state index contributed by atoms with van der Waals surface area (Å²) in [5.74, 6) is 1.22. The largest absolute Gasteiger partial charge is 0.351 e. The number of rotatable bonds is 3. The van der Waals surface area contributed by atoms with Crippen molar-refractivity contribution in [2.75, 3.05) is 12.3 Å². The lowest BCUT2D eigenvalue weighted by Crippen LogP contribution is -2.29. The number of halogens is 2. The lowest BCUT2D eigenvalue weighted by molar-refractivity contribution is 0.0953. The van der Waals surface area contributed by atoms with Gasteiger partial charge >= 0.3 is 0 Å². The number of hydrogen-bond donors (Lipinski definition) is 1. The van der Waals surface area contributed by atoms with Gasteiger partial charge in [0.15, 0.2) is 0 Å². The first kappa shape index (κ1) is 13.4. The van der Waals surface area contributed by atoms with Crippen molar-refractivity contribution in [2.45, 2.75) is 18.1 Å². The molecule has 2 rings (SSSR count). The van der Waals surface area contributed by atoms with E-state index in [2.05, 4.69) is 37.2 Å². The van der Waals surface area contributed by atoms with Crippen molar-refractivity contribution in [3.63, 3.8) is 0 Å². The molecule has 1 aromatic rings. The van der Waals surface area contributed by atoms with Crippen molar-refractivity contribution in [2.24, 2.45) is 0 Å². The average molecular weight is 379 g/mol. The molecular weight excluding hydrogens is 366 g/mol. The van der Waals surface area contributed by atoms with Gasteiger partial charge in [-0.2, -0.15) is 11.8 Å². The molecule has 0 radical (unpaired) electrons. The van der Waals surface area contributed by atoms with Crippen LogP contribution in [0.1, 0.15) is 23.2 Å². The third kappa shape index (κ3) is 4.00. The monoisotopic (exact) mass is 377 g/mol. The summed E-state index contributed by atoms with van der Waals surface area (Å²) in [7, 11) is 0. The minimum Gasteiger partial charge on any atom is -0.351 e. The molecule has 1 heterocycles. The predicted molar refractivity (Wildman–Crippen MR) is 79.7 cm³/mol. The average Bonchev–Trinajstić information content (AvgIpc) is 2.77. The molecular formula is C12H13Br2NOS. The summed E-state index contributed by atoms with van der Waals surface area (Å²) in [6.45, 7) is 0.771. The van der Waals surface area contributed by atoms with E-state index >= 15 is 0 Å². The number of carbonyl (C=O) groups is 1. The van der Waals surface area contributed by atoms with E-state index in [1.807, 2.05) is 30.0 Å². The molecule has 1 amide bonds. The maximum Gasteiger partial charge on any atom is 0.251 e. The Hall–Kier alpha value is -0.000000000000000111. The minimum atomic E-state index is -0.000463. The fraction of sp³-hybridized carbons (Fsp3) is 0.417. The van der Waals surface area contributed by atoms with Crippen LogP contribution in [0.4, 0.5) is 0 Å². The number of thioether (sulfide) groups is 1. The highest BCUT2D eigenvalue weighted by molar-refractivity contribution is 9.11. The van der Waals surface area contributed by atoms with Gasteiger partial charge < -0.3 is 5.32 Å². The lowest BCUT2D eigenvalue weighted by Gasteiger charge is -2.10. The van der Waals surface area contributed by atoms with Crippen LogP contribution in [-0.4, -0.2) is 23.5 Å². The van der Waals surface area contributed by atoms with Crippen molar-refractivity contribution < 1.29 is 4.79 Å². The lowest BCUT2D eigenvalue weighted by atomic mass is 10.2. The number of hydrogen-bond acceptors (Lipinski definition) is 2. The highest BCUT2D eigenvalue weighted by Gasteiger charge is 2.16. The molecule has 1 N–H and O–H groups in total. The third-order valence-corrected chi connectivity index (χ3v) is 4.95. The molecule has 0 saturated carbocycles. The normalized spacial score (nSPS) is 19.3. The second-order valence-electron chi connectivity index (χ2n) is 4.00. The summed E-state index contributed by atoms with van der Waals surface area (Å²) in [6, 6.07) is 5.59. The highest BCUT2D eigenvalue weighted by Crippen LogP contribution is 2.25. The van der Waals surface area contributed by atoms with E-state index in [1.165, 1.54) is 18.6 Å². The fourth-order valence-corrected chi connectivity index (χ4v) is 4.29. The molecule has 1 saturated heterocycles. The van der Waals surface area contributed by atoms with Gasteiger partial charge in [-0.15, -0.1) is 0 Å². The highest BCUT2D eigenvalue weighted by atomic mass is 79.9. The standard InChI is InChI=1S/C12H13Br2NOS/c13-9-4-8(5-10(14)6-9)12(16)15-7-11-2-1-3-17-11/h4-6,11H,1-3,7H2,(H,15,16). The van der Waals surface area contributed by atoms with E-state index in [4.69, 9.17) is 0 Å². The van der Waals surface area contributed by atoms with Gasteiger partial charge in [-0.1, -0.05) is 31.9 Å². The van der Waals surface area contributed by atoms with E-state index in [9.17, 15) is 4.79 Å². The van der Waals surface area contributed by atoms with Gasteiger partial charge in [0.2, 0.25) is 0 Å². The molecule has 1 aliphatic rings. The number of benzene rings is 1. The second kappa shape index (κ2) is 6.25. The SMILES string of the molecule is O=C(NCC1CCCS1)c1cc(Br)cc(Br)c1. The first-order valence-corrected chi connectivity index (χ1v) is 8.14. The Labute approximate surface area is 122 Å². The summed E-state index contributed by atoms with van der Waals surface area (Å²) in [6.07, 6.45) is 2.49. The van der Waals surface area contributed by atoms with Crippen LogP contribution in [0.15, 0.2) is 27.1 Å². The molecule has 2 nitrogen and oxygen atoms in total. The molecule has 1 atom stereocenters. The molecule has 0 bridgehead atoms. The Kier molecular flexibility index (Phi) is 4.94. The summed E-state index contributed by atoms with van der Waals surface area (Å²) < 4.78 is 1.82. The van der Waals surface area contributed by atoms with Crippen LogP contribution >= 0.6 is 43.6 Å². The Morgan fingerprint density at radius 2 is 2.06 bits per heavy atom. The fourth-order valence-electron chi connectivity index (χ4n) is 1.80. The Bertz CT molecular complexity index is 399. The van der Waals surface area contributed by atoms with Gasteiger partial charge in [0.05, 0.1) is 0 Å². The van der Waals surface area contributed by atoms with Crippen LogP contribution in [0.2, 0.25) is 0 Å². The van der Waals surface area contributed by atoms with Gasteiger partial charge in [0.25, 0.3) is 5.91 Å². The quantitative estimate of drug-likeness (QED) is 0.865. The zero-order valence-corrected chi connectivity index (χ0v) is 13.2. The molecule has 17 heavy (non-hydrogen) atoms. The predicted octanol–water partition coefficient (Wildman–Crippen LogP) is 3.84. The van der Waals surface area contributed by atoms with Crippen LogP contribution in [0.3, 0.4) is 0 Å². The molecule has 92 valence electrons. The Morgan fingerprint density at radius 1 is 1.35 bits per heavy atom. The second-order valence-corrected chi connectivity index (χ2v) is 7.24. The van der Waals surface area contributed by atoms with E-state index in [0.717, 1.165) is 15.5 Å². The maximum atomic E-state index is 11.9. The van der Waals surface area contributed by atoms with Crippen LogP contribution in [0, 0.1) is 0 Å². The molecule has 1 fully saturated rings. The van der Waals surface area contributed by atoms with E-state index in [1.54, 1.807) is 0 Å². The van der Waals surface area contributed by atoms with Crippen LogP contribution in [0.25, 0.3) is 0 Å². The molecule has 0 spiro atoms. The van der Waals surface area contributed by atoms with Crippen molar-refractivity contribution in [1.29, 1.82) is 0 Å². The van der Waals surface area contributed by atoms with Crippen molar-refractivity contribution in [1.82, 2.24) is 5.32 Å². The first-order valence-electron chi connectivity index (χ1n) is 5.51. The van der Waals surface area contributed by atoms with Crippen molar-refractivity contribution >= 4 is 49.5 Å². The Morgan fingerprint density at radius 3 is 2.65 bits per heavy atom. The van der Waals surface area contributed by atoms with Gasteiger partial charge in [0.1, 0.15) is 0 Å². The first-order chi connectivity index (χ1) is 8.15. The Balaban J connectivity index is 1.94. The molecule has 0 aromatic heterocycles. The summed E-state index contributed by atoms with van der Waals surface area (Å²) >= 11 is 8.72. The molecule has 1 aliphatic heterocycles. The van der Waals surface area contributed by atoms with Crippen molar-refractivity contribution in [3.05, 3.63) is 32.7 Å². The molecule has 5 heteroatoms. The maximum absolute atomic E-state index is 11.9. The van der Waals surface area contributed by atoms with Gasteiger partial charge in [-0.3, -0.25) is 4.79 Å². The summed E-state index contributed by atoms with van der Waals surface area (Å²) in [4.78, 5) is 11.9. The molecule has 1 unspecified atom stereocenters. The number of carbonyl (C=O) groups excluding carboxylic acids is 1. The van der Waals surface area contributed by atoms with E-state index in [-0.39, 0.29) is 5.91 Å². The topological polar surface area (TPSA) is 29.1 Å². The van der Waals surface area contributed by atoms with E-state index in [0.29, 0.717) is 10.8 Å². The number of nitrogens with one attached hydrogen (secondary N) is 1. The van der Waals surface area contributed by atoms with Crippen LogP contribution in [0.5, 0.6) is 0 Å². The van der Waals surface area contributed by atoms with Gasteiger partial charge in [-0.05, 0) is 36.8 Å². The zero-order chi connectivity index (χ0) is 12.3. The zero-order valence-electron chi connectivity index (χ0n) is 9.21. The van der Waals surface area contributed by atoms with Crippen molar-refractivity contribution in [3.8, 4) is 0 Å². The van der Waals surface area contributed by atoms with Crippen LogP contribution < -0.4 is 5.32 Å². The molecule has 1 aromatic carbocycles. The van der Waals surface area contributed by atoms with E-state index < -0.39 is 0 Å². The molecule has 0 aliphatic carbocycles. The summed E-state index contributed by atoms with van der Waals surface area (Å²) in [5.41, 5.74) is 0.689.